The van der Waals surface area contributed by atoms with E-state index < -0.39 is 0 Å². The SMILES string of the molecule is COC(=O)C1(NC2CC2)CCCCCCC1. The van der Waals surface area contributed by atoms with E-state index in [2.05, 4.69) is 5.32 Å². The predicted octanol–water partition coefficient (Wildman–Crippen LogP) is 2.39. The molecule has 3 nitrogen and oxygen atoms in total. The van der Waals surface area contributed by atoms with E-state index >= 15 is 0 Å². The van der Waals surface area contributed by atoms with Gasteiger partial charge in [-0.1, -0.05) is 32.1 Å². The summed E-state index contributed by atoms with van der Waals surface area (Å²) in [5.74, 6) is -0.0405. The number of hydrogen-bond acceptors (Lipinski definition) is 3. The summed E-state index contributed by atoms with van der Waals surface area (Å²) in [5, 5.41) is 3.55. The number of hydrogen-bond donors (Lipinski definition) is 1. The molecule has 2 rings (SSSR count). The summed E-state index contributed by atoms with van der Waals surface area (Å²) in [6, 6.07) is 0.568. The van der Waals surface area contributed by atoms with Gasteiger partial charge in [0.25, 0.3) is 0 Å². The first-order chi connectivity index (χ1) is 7.77. The second-order valence-electron chi connectivity index (χ2n) is 5.26. The zero-order chi connectivity index (χ0) is 11.4. The molecule has 0 bridgehead atoms. The van der Waals surface area contributed by atoms with E-state index in [1.54, 1.807) is 0 Å². The van der Waals surface area contributed by atoms with Crippen LogP contribution >= 0.6 is 0 Å². The number of carbonyl (C=O) groups excluding carboxylic acids is 1. The molecule has 1 N–H and O–H groups in total. The number of rotatable bonds is 3. The Balaban J connectivity index is 2.05. The monoisotopic (exact) mass is 225 g/mol. The van der Waals surface area contributed by atoms with Crippen molar-refractivity contribution in [2.45, 2.75) is 69.4 Å². The van der Waals surface area contributed by atoms with Gasteiger partial charge in [-0.25, -0.2) is 0 Å². The lowest BCUT2D eigenvalue weighted by Crippen LogP contribution is -2.54. The maximum Gasteiger partial charge on any atom is 0.326 e. The van der Waals surface area contributed by atoms with Gasteiger partial charge in [0.15, 0.2) is 0 Å². The standard InChI is InChI=1S/C13H23NO2/c1-16-12(15)13(14-11-7-8-11)9-5-3-2-4-6-10-13/h11,14H,2-10H2,1H3. The van der Waals surface area contributed by atoms with Crippen LogP contribution in [0.25, 0.3) is 0 Å². The van der Waals surface area contributed by atoms with Gasteiger partial charge < -0.3 is 4.74 Å². The third-order valence-corrected chi connectivity index (χ3v) is 3.84. The average molecular weight is 225 g/mol. The van der Waals surface area contributed by atoms with Gasteiger partial charge in [-0.2, -0.15) is 0 Å². The van der Waals surface area contributed by atoms with Gasteiger partial charge in [0, 0.05) is 6.04 Å². The third kappa shape index (κ3) is 2.76. The molecule has 2 saturated carbocycles. The number of ether oxygens (including phenoxy) is 1. The highest BCUT2D eigenvalue weighted by molar-refractivity contribution is 5.80. The number of esters is 1. The highest BCUT2D eigenvalue weighted by Crippen LogP contribution is 2.32. The van der Waals surface area contributed by atoms with Crippen LogP contribution in [-0.4, -0.2) is 24.7 Å². The fourth-order valence-corrected chi connectivity index (χ4v) is 2.73. The summed E-state index contributed by atoms with van der Waals surface area (Å²) in [4.78, 5) is 12.0. The Labute approximate surface area is 97.9 Å². The van der Waals surface area contributed by atoms with Crippen molar-refractivity contribution in [2.24, 2.45) is 0 Å². The maximum absolute atomic E-state index is 12.0. The molecule has 0 aromatic carbocycles. The summed E-state index contributed by atoms with van der Waals surface area (Å²) < 4.78 is 5.02. The highest BCUT2D eigenvalue weighted by atomic mass is 16.5. The Kier molecular flexibility index (Phi) is 3.85. The summed E-state index contributed by atoms with van der Waals surface area (Å²) in [6.45, 7) is 0. The normalized spacial score (nSPS) is 25.6. The first-order valence-corrected chi connectivity index (χ1v) is 6.63. The molecule has 2 fully saturated rings. The molecular weight excluding hydrogens is 202 g/mol. The molecule has 92 valence electrons. The zero-order valence-corrected chi connectivity index (χ0v) is 10.3. The lowest BCUT2D eigenvalue weighted by Gasteiger charge is -2.33. The molecule has 0 radical (unpaired) electrons. The zero-order valence-electron chi connectivity index (χ0n) is 10.3. The van der Waals surface area contributed by atoms with Crippen molar-refractivity contribution in [1.82, 2.24) is 5.32 Å². The molecule has 0 spiro atoms. The van der Waals surface area contributed by atoms with E-state index in [1.807, 2.05) is 0 Å². The Bertz CT molecular complexity index is 240. The van der Waals surface area contributed by atoms with Gasteiger partial charge in [-0.05, 0) is 25.7 Å². The van der Waals surface area contributed by atoms with Crippen LogP contribution in [0.4, 0.5) is 0 Å². The van der Waals surface area contributed by atoms with E-state index in [1.165, 1.54) is 39.2 Å². The van der Waals surface area contributed by atoms with Crippen molar-refractivity contribution in [3.63, 3.8) is 0 Å². The maximum atomic E-state index is 12.0. The Morgan fingerprint density at radius 1 is 1.12 bits per heavy atom. The molecule has 3 heteroatoms. The van der Waals surface area contributed by atoms with E-state index in [-0.39, 0.29) is 11.5 Å². The van der Waals surface area contributed by atoms with Gasteiger partial charge in [0.2, 0.25) is 0 Å². The number of carbonyl (C=O) groups is 1. The second kappa shape index (κ2) is 5.17. The van der Waals surface area contributed by atoms with Crippen LogP contribution < -0.4 is 5.32 Å². The van der Waals surface area contributed by atoms with Crippen molar-refractivity contribution in [3.05, 3.63) is 0 Å². The molecule has 0 aliphatic heterocycles. The minimum Gasteiger partial charge on any atom is -0.468 e. The number of nitrogens with one attached hydrogen (secondary N) is 1. The summed E-state index contributed by atoms with van der Waals surface area (Å²) in [7, 11) is 1.51. The first kappa shape index (κ1) is 11.9. The van der Waals surface area contributed by atoms with E-state index in [0.29, 0.717) is 6.04 Å². The Morgan fingerprint density at radius 3 is 2.19 bits per heavy atom. The van der Waals surface area contributed by atoms with Gasteiger partial charge in [-0.3, -0.25) is 10.1 Å². The van der Waals surface area contributed by atoms with Gasteiger partial charge in [0.05, 0.1) is 7.11 Å². The van der Waals surface area contributed by atoms with Crippen LogP contribution in [0.2, 0.25) is 0 Å². The molecule has 16 heavy (non-hydrogen) atoms. The molecule has 0 amide bonds. The highest BCUT2D eigenvalue weighted by Gasteiger charge is 2.42. The van der Waals surface area contributed by atoms with Gasteiger partial charge in [-0.15, -0.1) is 0 Å². The van der Waals surface area contributed by atoms with Crippen LogP contribution in [0.15, 0.2) is 0 Å². The van der Waals surface area contributed by atoms with Crippen molar-refractivity contribution in [3.8, 4) is 0 Å². The Morgan fingerprint density at radius 2 is 1.69 bits per heavy atom. The smallest absolute Gasteiger partial charge is 0.326 e. The van der Waals surface area contributed by atoms with Crippen LogP contribution in [0, 0.1) is 0 Å². The van der Waals surface area contributed by atoms with Crippen molar-refractivity contribution < 1.29 is 9.53 Å². The first-order valence-electron chi connectivity index (χ1n) is 6.63. The third-order valence-electron chi connectivity index (χ3n) is 3.84. The molecule has 2 aliphatic carbocycles. The summed E-state index contributed by atoms with van der Waals surface area (Å²) in [6.07, 6.45) is 10.5. The largest absolute Gasteiger partial charge is 0.468 e. The fourth-order valence-electron chi connectivity index (χ4n) is 2.73. The molecule has 2 aliphatic rings. The minimum atomic E-state index is -0.365. The minimum absolute atomic E-state index is 0.0405. The molecule has 0 aromatic rings. The van der Waals surface area contributed by atoms with Crippen LogP contribution in [0.5, 0.6) is 0 Å². The lowest BCUT2D eigenvalue weighted by atomic mass is 9.83. The molecule has 0 unspecified atom stereocenters. The van der Waals surface area contributed by atoms with Crippen LogP contribution in [0.1, 0.15) is 57.8 Å². The molecular formula is C13H23NO2. The average Bonchev–Trinajstić information content (AvgIpc) is 3.05. The van der Waals surface area contributed by atoms with E-state index in [9.17, 15) is 4.79 Å². The second-order valence-corrected chi connectivity index (χ2v) is 5.26. The van der Waals surface area contributed by atoms with Crippen LogP contribution in [-0.2, 0) is 9.53 Å². The predicted molar refractivity (Wildman–Crippen MR) is 63.2 cm³/mol. The molecule has 0 saturated heterocycles. The topological polar surface area (TPSA) is 38.3 Å². The lowest BCUT2D eigenvalue weighted by molar-refractivity contribution is -0.149. The Hall–Kier alpha value is -0.570. The van der Waals surface area contributed by atoms with Crippen molar-refractivity contribution >= 4 is 5.97 Å². The van der Waals surface area contributed by atoms with Gasteiger partial charge >= 0.3 is 5.97 Å². The van der Waals surface area contributed by atoms with Crippen molar-refractivity contribution in [2.75, 3.05) is 7.11 Å². The molecule has 0 aromatic heterocycles. The fraction of sp³-hybridized carbons (Fsp3) is 0.923. The quantitative estimate of drug-likeness (QED) is 0.749. The molecule has 0 atom stereocenters. The van der Waals surface area contributed by atoms with E-state index in [4.69, 9.17) is 4.74 Å². The summed E-state index contributed by atoms with van der Waals surface area (Å²) in [5.41, 5.74) is -0.365. The number of methoxy groups -OCH3 is 1. The van der Waals surface area contributed by atoms with E-state index in [0.717, 1.165) is 25.7 Å². The van der Waals surface area contributed by atoms with Crippen LogP contribution in [0.3, 0.4) is 0 Å². The van der Waals surface area contributed by atoms with Crippen molar-refractivity contribution in [1.29, 1.82) is 0 Å². The van der Waals surface area contributed by atoms with Gasteiger partial charge in [0.1, 0.15) is 5.54 Å². The molecule has 0 heterocycles. The summed E-state index contributed by atoms with van der Waals surface area (Å²) >= 11 is 0.